The lowest BCUT2D eigenvalue weighted by atomic mass is 9.99. The van der Waals surface area contributed by atoms with Crippen LogP contribution in [-0.4, -0.2) is 35.8 Å². The maximum Gasteiger partial charge on any atom is 0.305 e. The van der Waals surface area contributed by atoms with Gasteiger partial charge in [-0.05, 0) is 43.2 Å². The third-order valence-electron chi connectivity index (χ3n) is 6.15. The predicted molar refractivity (Wildman–Crippen MR) is 145 cm³/mol. The molecule has 0 saturated carbocycles. The minimum Gasteiger partial charge on any atom is -0.487 e. The molecule has 1 atom stereocenters. The number of carbonyl (C=O) groups is 3. The van der Waals surface area contributed by atoms with Crippen LogP contribution in [0.3, 0.4) is 0 Å². The van der Waals surface area contributed by atoms with Crippen LogP contribution in [0.25, 0.3) is 11.5 Å². The highest BCUT2D eigenvalue weighted by atomic mass is 16.5. The highest BCUT2D eigenvalue weighted by Crippen LogP contribution is 2.23. The van der Waals surface area contributed by atoms with Gasteiger partial charge in [0.15, 0.2) is 5.78 Å². The minimum atomic E-state index is -0.840. The van der Waals surface area contributed by atoms with E-state index in [4.69, 9.17) is 9.15 Å². The zero-order valence-electron chi connectivity index (χ0n) is 21.9. The van der Waals surface area contributed by atoms with Gasteiger partial charge in [-0.1, -0.05) is 60.7 Å². The lowest BCUT2D eigenvalue weighted by Gasteiger charge is -2.17. The molecular weight excluding hydrogens is 496 g/mol. The molecule has 1 N–H and O–H groups in total. The average Bonchev–Trinajstić information content (AvgIpc) is 3.35. The molecule has 0 radical (unpaired) electrons. The number of aromatic nitrogens is 1. The Hall–Kier alpha value is -4.72. The summed E-state index contributed by atoms with van der Waals surface area (Å²) < 4.78 is 16.4. The third-order valence-corrected chi connectivity index (χ3v) is 6.15. The Labute approximate surface area is 227 Å². The van der Waals surface area contributed by atoms with E-state index < -0.39 is 12.0 Å². The topological polar surface area (TPSA) is 108 Å². The van der Waals surface area contributed by atoms with E-state index in [1.165, 1.54) is 7.11 Å². The van der Waals surface area contributed by atoms with Gasteiger partial charge in [-0.15, -0.1) is 0 Å². The number of amides is 1. The first-order valence-electron chi connectivity index (χ1n) is 12.6. The van der Waals surface area contributed by atoms with Crippen molar-refractivity contribution in [1.82, 2.24) is 10.3 Å². The molecule has 4 rings (SSSR count). The number of carbonyl (C=O) groups excluding carboxylic acids is 3. The van der Waals surface area contributed by atoms with Crippen molar-refractivity contribution in [2.75, 3.05) is 7.11 Å². The van der Waals surface area contributed by atoms with Crippen molar-refractivity contribution < 1.29 is 28.3 Å². The van der Waals surface area contributed by atoms with Crippen LogP contribution in [0.15, 0.2) is 89.3 Å². The summed E-state index contributed by atoms with van der Waals surface area (Å²) >= 11 is 0. The fraction of sp³-hybridized carbons (Fsp3) is 0.226. The van der Waals surface area contributed by atoms with Crippen molar-refractivity contribution >= 4 is 17.7 Å². The molecule has 8 heteroatoms. The Balaban J connectivity index is 1.33. The van der Waals surface area contributed by atoms with Gasteiger partial charge in [-0.3, -0.25) is 14.4 Å². The van der Waals surface area contributed by atoms with Crippen molar-refractivity contribution in [3.05, 3.63) is 108 Å². The molecule has 1 heterocycles. The zero-order chi connectivity index (χ0) is 27.6. The SMILES string of the molecule is COC(=O)CCC(NC(=O)Cc1ccc(OCc2nc(-c3ccccc3)oc2C)cc1)C(=O)c1ccccc1. The Bertz CT molecular complexity index is 1400. The molecule has 0 spiro atoms. The Morgan fingerprint density at radius 2 is 1.59 bits per heavy atom. The number of nitrogens with zero attached hydrogens (tertiary/aromatic N) is 1. The van der Waals surface area contributed by atoms with Crippen molar-refractivity contribution in [3.8, 4) is 17.2 Å². The summed E-state index contributed by atoms with van der Waals surface area (Å²) in [5, 5.41) is 2.78. The number of oxazole rings is 1. The van der Waals surface area contributed by atoms with Crippen LogP contribution in [0.4, 0.5) is 0 Å². The second-order valence-electron chi connectivity index (χ2n) is 8.96. The number of hydrogen-bond acceptors (Lipinski definition) is 7. The van der Waals surface area contributed by atoms with Crippen LogP contribution in [0.2, 0.25) is 0 Å². The summed E-state index contributed by atoms with van der Waals surface area (Å²) in [6.45, 7) is 2.09. The van der Waals surface area contributed by atoms with Gasteiger partial charge in [0.1, 0.15) is 23.8 Å². The summed E-state index contributed by atoms with van der Waals surface area (Å²) in [5.74, 6) is 0.836. The van der Waals surface area contributed by atoms with E-state index in [9.17, 15) is 14.4 Å². The van der Waals surface area contributed by atoms with Crippen molar-refractivity contribution in [3.63, 3.8) is 0 Å². The van der Waals surface area contributed by atoms with Crippen LogP contribution >= 0.6 is 0 Å². The van der Waals surface area contributed by atoms with Crippen LogP contribution in [0.5, 0.6) is 5.75 Å². The number of methoxy groups -OCH3 is 1. The molecule has 1 unspecified atom stereocenters. The van der Waals surface area contributed by atoms with Crippen molar-refractivity contribution in [1.29, 1.82) is 0 Å². The molecule has 200 valence electrons. The molecule has 0 aliphatic carbocycles. The van der Waals surface area contributed by atoms with E-state index in [0.717, 1.165) is 11.1 Å². The molecule has 0 fully saturated rings. The third kappa shape index (κ3) is 7.64. The van der Waals surface area contributed by atoms with Gasteiger partial charge in [0.2, 0.25) is 11.8 Å². The molecule has 39 heavy (non-hydrogen) atoms. The Morgan fingerprint density at radius 1 is 0.923 bits per heavy atom. The fourth-order valence-electron chi connectivity index (χ4n) is 3.99. The monoisotopic (exact) mass is 526 g/mol. The largest absolute Gasteiger partial charge is 0.487 e. The molecule has 0 bridgehead atoms. The molecule has 0 aliphatic heterocycles. The van der Waals surface area contributed by atoms with E-state index in [1.807, 2.05) is 37.3 Å². The van der Waals surface area contributed by atoms with E-state index in [0.29, 0.717) is 28.7 Å². The molecular formula is C31H30N2O6. The van der Waals surface area contributed by atoms with Gasteiger partial charge >= 0.3 is 5.97 Å². The lowest BCUT2D eigenvalue weighted by molar-refractivity contribution is -0.141. The van der Waals surface area contributed by atoms with Crippen molar-refractivity contribution in [2.45, 2.75) is 38.8 Å². The number of hydrogen-bond donors (Lipinski definition) is 1. The highest BCUT2D eigenvalue weighted by molar-refractivity contribution is 6.02. The van der Waals surface area contributed by atoms with Gasteiger partial charge in [0, 0.05) is 17.5 Å². The average molecular weight is 527 g/mol. The fourth-order valence-corrected chi connectivity index (χ4v) is 3.99. The first kappa shape index (κ1) is 27.3. The smallest absolute Gasteiger partial charge is 0.305 e. The van der Waals surface area contributed by atoms with Gasteiger partial charge in [0.25, 0.3) is 0 Å². The lowest BCUT2D eigenvalue weighted by Crippen LogP contribution is -2.42. The van der Waals surface area contributed by atoms with Crippen LogP contribution in [0, 0.1) is 6.92 Å². The standard InChI is InChI=1S/C31H30N2O6/c1-21-27(33-31(39-21)24-11-7-4-8-12-24)20-38-25-15-13-22(14-16-25)19-28(34)32-26(17-18-29(35)37-2)30(36)23-9-5-3-6-10-23/h3-16,26H,17-20H2,1-2H3,(H,32,34). The minimum absolute atomic E-state index is 0.0178. The number of Topliss-reactive ketones (excluding diaryl/α,β-unsaturated/α-hetero) is 1. The number of esters is 1. The van der Waals surface area contributed by atoms with Crippen LogP contribution in [-0.2, 0) is 27.4 Å². The van der Waals surface area contributed by atoms with Crippen molar-refractivity contribution in [2.24, 2.45) is 0 Å². The number of ether oxygens (including phenoxy) is 2. The summed E-state index contributed by atoms with van der Waals surface area (Å²) in [4.78, 5) is 42.0. The second-order valence-corrected chi connectivity index (χ2v) is 8.96. The summed E-state index contributed by atoms with van der Waals surface area (Å²) in [6, 6.07) is 24.6. The molecule has 8 nitrogen and oxygen atoms in total. The van der Waals surface area contributed by atoms with Gasteiger partial charge in [-0.25, -0.2) is 4.98 Å². The first-order chi connectivity index (χ1) is 18.9. The Morgan fingerprint density at radius 3 is 2.26 bits per heavy atom. The maximum atomic E-state index is 13.0. The maximum absolute atomic E-state index is 13.0. The van der Waals surface area contributed by atoms with Crippen LogP contribution in [0.1, 0.15) is 40.2 Å². The molecule has 3 aromatic carbocycles. The zero-order valence-corrected chi connectivity index (χ0v) is 21.9. The molecule has 0 aliphatic rings. The molecule has 0 saturated heterocycles. The quantitative estimate of drug-likeness (QED) is 0.202. The van der Waals surface area contributed by atoms with Crippen LogP contribution < -0.4 is 10.1 Å². The van der Waals surface area contributed by atoms with Gasteiger partial charge < -0.3 is 19.2 Å². The number of rotatable bonds is 12. The summed E-state index contributed by atoms with van der Waals surface area (Å²) in [7, 11) is 1.29. The number of ketones is 1. The van der Waals surface area contributed by atoms with E-state index in [2.05, 4.69) is 15.0 Å². The van der Waals surface area contributed by atoms with Gasteiger partial charge in [-0.2, -0.15) is 0 Å². The number of aryl methyl sites for hydroxylation is 1. The normalized spacial score (nSPS) is 11.4. The second kappa shape index (κ2) is 13.2. The molecule has 1 amide bonds. The van der Waals surface area contributed by atoms with E-state index >= 15 is 0 Å². The highest BCUT2D eigenvalue weighted by Gasteiger charge is 2.23. The molecule has 4 aromatic rings. The van der Waals surface area contributed by atoms with Gasteiger partial charge in [0.05, 0.1) is 19.6 Å². The molecule has 1 aromatic heterocycles. The predicted octanol–water partition coefficient (Wildman–Crippen LogP) is 5.09. The first-order valence-corrected chi connectivity index (χ1v) is 12.6. The summed E-state index contributed by atoms with van der Waals surface area (Å²) in [6.07, 6.45) is 0.232. The summed E-state index contributed by atoms with van der Waals surface area (Å²) in [5.41, 5.74) is 2.82. The van der Waals surface area contributed by atoms with E-state index in [-0.39, 0.29) is 37.6 Å². The number of nitrogens with one attached hydrogen (secondary N) is 1. The number of benzene rings is 3. The van der Waals surface area contributed by atoms with E-state index in [1.54, 1.807) is 54.6 Å². The Kier molecular flexibility index (Phi) is 9.24.